The Hall–Kier alpha value is -1.84. The molecule has 3 rings (SSSR count). The molecule has 0 saturated carbocycles. The highest BCUT2D eigenvalue weighted by Crippen LogP contribution is 2.44. The first kappa shape index (κ1) is 22.8. The largest absolute Gasteiger partial charge is 0.454 e. The van der Waals surface area contributed by atoms with E-state index in [9.17, 15) is 19.2 Å². The Morgan fingerprint density at radius 3 is 1.90 bits per heavy atom. The number of benzene rings is 2. The molecule has 7 nitrogen and oxygen atoms in total. The van der Waals surface area contributed by atoms with Gasteiger partial charge in [-0.1, -0.05) is 62.3 Å². The third kappa shape index (κ3) is 4.43. The number of imide groups is 1. The molecule has 2 aromatic carbocycles. The number of halogens is 5. The van der Waals surface area contributed by atoms with E-state index in [1.54, 1.807) is 24.3 Å². The highest BCUT2D eigenvalue weighted by molar-refractivity contribution is 9.10. The molecule has 0 saturated heterocycles. The summed E-state index contributed by atoms with van der Waals surface area (Å²) in [5, 5.41) is 1.67. The molecule has 0 radical (unpaired) electrons. The molecule has 1 aliphatic rings. The lowest BCUT2D eigenvalue weighted by molar-refractivity contribution is -0.147. The van der Waals surface area contributed by atoms with Crippen molar-refractivity contribution < 1.29 is 23.9 Å². The fraction of sp³-hybridized carbons (Fsp3) is 0.111. The number of amides is 3. The average Bonchev–Trinajstić information content (AvgIpc) is 2.95. The standard InChI is InChI=1S/C18H9BrCl4N2O5/c19-7-1-3-8(4-2-7)24-9(26)6-30-10(27)5-25-17(28)11-12(18(25)29)14(21)16(23)15(22)13(11)20/h1-4H,5-6H2,(H,24,26). The summed E-state index contributed by atoms with van der Waals surface area (Å²) in [5.41, 5.74) is 0.00124. The normalized spacial score (nSPS) is 12.8. The number of esters is 1. The third-order valence-electron chi connectivity index (χ3n) is 3.96. The Labute approximate surface area is 198 Å². The van der Waals surface area contributed by atoms with Gasteiger partial charge in [-0.25, -0.2) is 0 Å². The van der Waals surface area contributed by atoms with Crippen LogP contribution in [0.4, 0.5) is 5.69 Å². The highest BCUT2D eigenvalue weighted by atomic mass is 79.9. The van der Waals surface area contributed by atoms with Gasteiger partial charge in [0.25, 0.3) is 17.7 Å². The van der Waals surface area contributed by atoms with Crippen molar-refractivity contribution in [3.8, 4) is 0 Å². The molecular formula is C18H9BrCl4N2O5. The van der Waals surface area contributed by atoms with Crippen LogP contribution in [0.1, 0.15) is 20.7 Å². The van der Waals surface area contributed by atoms with Crippen molar-refractivity contribution >= 4 is 91.7 Å². The van der Waals surface area contributed by atoms with Crippen LogP contribution in [-0.2, 0) is 14.3 Å². The number of nitrogens with one attached hydrogen (secondary N) is 1. The Morgan fingerprint density at radius 1 is 0.900 bits per heavy atom. The van der Waals surface area contributed by atoms with Gasteiger partial charge >= 0.3 is 5.97 Å². The van der Waals surface area contributed by atoms with E-state index in [0.717, 1.165) is 4.47 Å². The number of ether oxygens (including phenoxy) is 1. The smallest absolute Gasteiger partial charge is 0.326 e. The second kappa shape index (κ2) is 9.11. The minimum Gasteiger partial charge on any atom is -0.454 e. The molecule has 1 heterocycles. The second-order valence-electron chi connectivity index (χ2n) is 5.92. The van der Waals surface area contributed by atoms with E-state index in [4.69, 9.17) is 51.1 Å². The molecule has 156 valence electrons. The van der Waals surface area contributed by atoms with Crippen LogP contribution in [0.15, 0.2) is 28.7 Å². The van der Waals surface area contributed by atoms with Gasteiger partial charge in [0.15, 0.2) is 6.61 Å². The molecule has 0 bridgehead atoms. The lowest BCUT2D eigenvalue weighted by Gasteiger charge is -2.13. The minimum atomic E-state index is -0.986. The molecule has 0 aliphatic carbocycles. The molecule has 0 spiro atoms. The van der Waals surface area contributed by atoms with Crippen molar-refractivity contribution in [2.24, 2.45) is 0 Å². The Bertz CT molecular complexity index is 1040. The van der Waals surface area contributed by atoms with Crippen molar-refractivity contribution in [2.45, 2.75) is 0 Å². The Balaban J connectivity index is 1.64. The average molecular weight is 555 g/mol. The number of hydrogen-bond donors (Lipinski definition) is 1. The quantitative estimate of drug-likeness (QED) is 0.247. The number of nitrogens with zero attached hydrogens (tertiary/aromatic N) is 1. The van der Waals surface area contributed by atoms with Gasteiger partial charge < -0.3 is 10.1 Å². The maximum atomic E-state index is 12.6. The number of carbonyl (C=O) groups excluding carboxylic acids is 4. The van der Waals surface area contributed by atoms with Gasteiger partial charge in [-0.3, -0.25) is 24.1 Å². The lowest BCUT2D eigenvalue weighted by Crippen LogP contribution is -2.36. The summed E-state index contributed by atoms with van der Waals surface area (Å²) in [6, 6.07) is 6.73. The third-order valence-corrected chi connectivity index (χ3v) is 6.30. The molecule has 0 aromatic heterocycles. The fourth-order valence-corrected chi connectivity index (χ4v) is 3.87. The summed E-state index contributed by atoms with van der Waals surface area (Å²) in [4.78, 5) is 49.7. The number of fused-ring (bicyclic) bond motifs is 1. The van der Waals surface area contributed by atoms with Gasteiger partial charge in [-0.2, -0.15) is 0 Å². The van der Waals surface area contributed by atoms with E-state index in [2.05, 4.69) is 21.2 Å². The van der Waals surface area contributed by atoms with E-state index in [-0.39, 0.29) is 31.2 Å². The zero-order valence-corrected chi connectivity index (χ0v) is 19.2. The van der Waals surface area contributed by atoms with Crippen LogP contribution in [0.3, 0.4) is 0 Å². The van der Waals surface area contributed by atoms with Gasteiger partial charge in [0.05, 0.1) is 31.2 Å². The molecule has 3 amide bonds. The molecule has 0 atom stereocenters. The van der Waals surface area contributed by atoms with Crippen molar-refractivity contribution in [1.82, 2.24) is 4.90 Å². The van der Waals surface area contributed by atoms with Gasteiger partial charge in [0.1, 0.15) is 6.54 Å². The number of hydrogen-bond acceptors (Lipinski definition) is 5. The first-order chi connectivity index (χ1) is 14.1. The molecule has 2 aromatic rings. The SMILES string of the molecule is O=C(COC(=O)CN1C(=O)c2c(Cl)c(Cl)c(Cl)c(Cl)c2C1=O)Nc1ccc(Br)cc1. The maximum absolute atomic E-state index is 12.6. The lowest BCUT2D eigenvalue weighted by atomic mass is 10.1. The molecule has 12 heteroatoms. The summed E-state index contributed by atoms with van der Waals surface area (Å²) in [7, 11) is 0. The van der Waals surface area contributed by atoms with Gasteiger partial charge in [0.2, 0.25) is 0 Å². The van der Waals surface area contributed by atoms with E-state index in [0.29, 0.717) is 10.6 Å². The molecule has 30 heavy (non-hydrogen) atoms. The predicted octanol–water partition coefficient (Wildman–Crippen LogP) is 4.84. The summed E-state index contributed by atoms with van der Waals surface area (Å²) < 4.78 is 5.67. The van der Waals surface area contributed by atoms with Crippen molar-refractivity contribution in [2.75, 3.05) is 18.5 Å². The summed E-state index contributed by atoms with van der Waals surface area (Å²) in [6.07, 6.45) is 0. The first-order valence-electron chi connectivity index (χ1n) is 8.05. The number of anilines is 1. The van der Waals surface area contributed by atoms with E-state index < -0.39 is 36.8 Å². The number of carbonyl (C=O) groups is 4. The summed E-state index contributed by atoms with van der Waals surface area (Å²) in [6.45, 7) is -1.36. The van der Waals surface area contributed by atoms with Gasteiger partial charge in [0, 0.05) is 10.2 Å². The van der Waals surface area contributed by atoms with E-state index >= 15 is 0 Å². The van der Waals surface area contributed by atoms with Crippen molar-refractivity contribution in [3.05, 3.63) is 60.0 Å². The van der Waals surface area contributed by atoms with Crippen LogP contribution in [0, 0.1) is 0 Å². The molecule has 0 unspecified atom stereocenters. The highest BCUT2D eigenvalue weighted by Gasteiger charge is 2.42. The van der Waals surface area contributed by atoms with Gasteiger partial charge in [-0.15, -0.1) is 0 Å². The van der Waals surface area contributed by atoms with E-state index in [1.807, 2.05) is 0 Å². The van der Waals surface area contributed by atoms with Crippen LogP contribution in [0.2, 0.25) is 20.1 Å². The van der Waals surface area contributed by atoms with Crippen LogP contribution < -0.4 is 5.32 Å². The predicted molar refractivity (Wildman–Crippen MR) is 116 cm³/mol. The molecule has 0 fully saturated rings. The first-order valence-corrected chi connectivity index (χ1v) is 10.4. The topological polar surface area (TPSA) is 92.8 Å². The molecular weight excluding hydrogens is 546 g/mol. The summed E-state index contributed by atoms with van der Waals surface area (Å²) >= 11 is 27.2. The minimum absolute atomic E-state index is 0.183. The van der Waals surface area contributed by atoms with Crippen molar-refractivity contribution in [1.29, 1.82) is 0 Å². The Morgan fingerprint density at radius 2 is 1.40 bits per heavy atom. The van der Waals surface area contributed by atoms with Gasteiger partial charge in [-0.05, 0) is 24.3 Å². The second-order valence-corrected chi connectivity index (χ2v) is 8.35. The van der Waals surface area contributed by atoms with Crippen LogP contribution in [0.25, 0.3) is 0 Å². The summed E-state index contributed by atoms with van der Waals surface area (Å²) in [5.74, 6) is -3.34. The van der Waals surface area contributed by atoms with E-state index in [1.165, 1.54) is 0 Å². The molecule has 1 aliphatic heterocycles. The van der Waals surface area contributed by atoms with Crippen LogP contribution in [0.5, 0.6) is 0 Å². The zero-order valence-electron chi connectivity index (χ0n) is 14.6. The van der Waals surface area contributed by atoms with Crippen molar-refractivity contribution in [3.63, 3.8) is 0 Å². The fourth-order valence-electron chi connectivity index (χ4n) is 2.59. The van der Waals surface area contributed by atoms with Crippen LogP contribution in [-0.4, -0.2) is 41.7 Å². The zero-order chi connectivity index (χ0) is 22.2. The molecule has 1 N–H and O–H groups in total. The monoisotopic (exact) mass is 552 g/mol. The number of rotatable bonds is 5. The maximum Gasteiger partial charge on any atom is 0.326 e. The Kier molecular flexibility index (Phi) is 6.94. The van der Waals surface area contributed by atoms with Crippen LogP contribution >= 0.6 is 62.3 Å².